The van der Waals surface area contributed by atoms with Gasteiger partial charge in [0.2, 0.25) is 11.8 Å². The number of hydrogen-bond donors (Lipinski definition) is 2. The van der Waals surface area contributed by atoms with Gasteiger partial charge in [0.25, 0.3) is 0 Å². The van der Waals surface area contributed by atoms with Crippen molar-refractivity contribution < 1.29 is 18.7 Å². The quantitative estimate of drug-likeness (QED) is 0.630. The van der Waals surface area contributed by atoms with Gasteiger partial charge in [0.05, 0.1) is 13.0 Å². The third-order valence-corrected chi connectivity index (χ3v) is 5.61. The van der Waals surface area contributed by atoms with E-state index in [9.17, 15) is 14.0 Å². The van der Waals surface area contributed by atoms with Crippen LogP contribution in [0.4, 0.5) is 4.39 Å². The molecule has 0 bridgehead atoms. The highest BCUT2D eigenvalue weighted by atomic mass is 19.1. The number of ether oxygens (including phenoxy) is 1. The maximum Gasteiger partial charge on any atom is 0.225 e. The first kappa shape index (κ1) is 19.9. The van der Waals surface area contributed by atoms with Crippen molar-refractivity contribution in [3.05, 3.63) is 65.6 Å². The van der Waals surface area contributed by atoms with Crippen LogP contribution < -0.4 is 10.1 Å². The number of rotatable bonds is 7. The lowest BCUT2D eigenvalue weighted by molar-refractivity contribution is -0.129. The van der Waals surface area contributed by atoms with Crippen LogP contribution in [0, 0.1) is 11.7 Å². The molecule has 0 aliphatic carbocycles. The van der Waals surface area contributed by atoms with Crippen molar-refractivity contribution >= 4 is 22.7 Å². The predicted octanol–water partition coefficient (Wildman–Crippen LogP) is 3.02. The van der Waals surface area contributed by atoms with Crippen molar-refractivity contribution in [1.82, 2.24) is 15.2 Å². The molecule has 156 valence electrons. The standard InChI is InChI=1S/C23H24FN3O3/c1-30-21-5-3-2-4-16(21)13-26-23(29)17-10-22(28)27(14-17)9-8-15-12-25-20-7-6-18(24)11-19(15)20/h2-7,11-12,17,25H,8-10,13-14H2,1H3,(H,26,29)/t17-/m0/s1. The second-order valence-electron chi connectivity index (χ2n) is 7.52. The van der Waals surface area contributed by atoms with E-state index in [2.05, 4.69) is 10.3 Å². The summed E-state index contributed by atoms with van der Waals surface area (Å²) in [4.78, 5) is 29.8. The van der Waals surface area contributed by atoms with Gasteiger partial charge in [-0.05, 0) is 36.2 Å². The molecule has 2 amide bonds. The van der Waals surface area contributed by atoms with Gasteiger partial charge in [-0.1, -0.05) is 18.2 Å². The van der Waals surface area contributed by atoms with Crippen LogP contribution >= 0.6 is 0 Å². The first-order valence-corrected chi connectivity index (χ1v) is 9.98. The topological polar surface area (TPSA) is 74.4 Å². The van der Waals surface area contributed by atoms with E-state index in [4.69, 9.17) is 4.74 Å². The normalized spacial score (nSPS) is 16.3. The van der Waals surface area contributed by atoms with Gasteiger partial charge in [-0.25, -0.2) is 4.39 Å². The lowest BCUT2D eigenvalue weighted by Gasteiger charge is -2.16. The zero-order valence-electron chi connectivity index (χ0n) is 16.8. The minimum absolute atomic E-state index is 0.0292. The van der Waals surface area contributed by atoms with Crippen LogP contribution in [-0.2, 0) is 22.6 Å². The molecule has 1 saturated heterocycles. The molecule has 1 fully saturated rings. The molecule has 2 N–H and O–H groups in total. The molecule has 0 saturated carbocycles. The van der Waals surface area contributed by atoms with Gasteiger partial charge in [-0.2, -0.15) is 0 Å². The summed E-state index contributed by atoms with van der Waals surface area (Å²) < 4.78 is 18.9. The van der Waals surface area contributed by atoms with Crippen LogP contribution in [0.25, 0.3) is 10.9 Å². The molecule has 0 spiro atoms. The minimum Gasteiger partial charge on any atom is -0.496 e. The Morgan fingerprint density at radius 3 is 2.93 bits per heavy atom. The summed E-state index contributed by atoms with van der Waals surface area (Å²) in [7, 11) is 1.59. The molecule has 2 aromatic carbocycles. The summed E-state index contributed by atoms with van der Waals surface area (Å²) in [5, 5.41) is 3.74. The molecule has 7 heteroatoms. The highest BCUT2D eigenvalue weighted by Crippen LogP contribution is 2.23. The fourth-order valence-corrected chi connectivity index (χ4v) is 3.95. The lowest BCUT2D eigenvalue weighted by Crippen LogP contribution is -2.33. The van der Waals surface area contributed by atoms with Crippen LogP contribution in [0.15, 0.2) is 48.7 Å². The zero-order chi connectivity index (χ0) is 21.1. The van der Waals surface area contributed by atoms with Crippen molar-refractivity contribution in [2.45, 2.75) is 19.4 Å². The molecule has 30 heavy (non-hydrogen) atoms. The monoisotopic (exact) mass is 409 g/mol. The smallest absolute Gasteiger partial charge is 0.225 e. The van der Waals surface area contributed by atoms with Crippen LogP contribution in [-0.4, -0.2) is 41.9 Å². The number of carbonyl (C=O) groups excluding carboxylic acids is 2. The SMILES string of the molecule is COc1ccccc1CNC(=O)[C@H]1CC(=O)N(CCc2c[nH]c3ccc(F)cc23)C1. The number of nitrogens with zero attached hydrogens (tertiary/aromatic N) is 1. The third kappa shape index (κ3) is 4.15. The first-order chi connectivity index (χ1) is 14.5. The van der Waals surface area contributed by atoms with Gasteiger partial charge in [0.15, 0.2) is 0 Å². The van der Waals surface area contributed by atoms with Crippen molar-refractivity contribution in [3.63, 3.8) is 0 Å². The van der Waals surface area contributed by atoms with E-state index in [0.29, 0.717) is 26.1 Å². The van der Waals surface area contributed by atoms with Crippen LogP contribution in [0.2, 0.25) is 0 Å². The number of fused-ring (bicyclic) bond motifs is 1. The Morgan fingerprint density at radius 1 is 1.27 bits per heavy atom. The number of carbonyl (C=O) groups is 2. The number of H-pyrrole nitrogens is 1. The molecular weight excluding hydrogens is 385 g/mol. The predicted molar refractivity (Wildman–Crippen MR) is 111 cm³/mol. The summed E-state index contributed by atoms with van der Waals surface area (Å²) in [5.74, 6) is -0.0959. The minimum atomic E-state index is -0.368. The fraction of sp³-hybridized carbons (Fsp3) is 0.304. The second-order valence-corrected chi connectivity index (χ2v) is 7.52. The zero-order valence-corrected chi connectivity index (χ0v) is 16.8. The highest BCUT2D eigenvalue weighted by molar-refractivity contribution is 5.89. The van der Waals surface area contributed by atoms with Gasteiger partial charge >= 0.3 is 0 Å². The number of amides is 2. The van der Waals surface area contributed by atoms with Crippen LogP contribution in [0.1, 0.15) is 17.5 Å². The average Bonchev–Trinajstić information content (AvgIpc) is 3.33. The summed E-state index contributed by atoms with van der Waals surface area (Å²) in [6.45, 7) is 1.25. The van der Waals surface area contributed by atoms with Crippen LogP contribution in [0.3, 0.4) is 0 Å². The van der Waals surface area contributed by atoms with Crippen LogP contribution in [0.5, 0.6) is 5.75 Å². The Kier molecular flexibility index (Phi) is 5.70. The van der Waals surface area contributed by atoms with Crippen molar-refractivity contribution in [2.75, 3.05) is 20.2 Å². The molecule has 6 nitrogen and oxygen atoms in total. The molecule has 0 radical (unpaired) electrons. The Balaban J connectivity index is 1.33. The van der Waals surface area contributed by atoms with Crippen molar-refractivity contribution in [1.29, 1.82) is 0 Å². The maximum atomic E-state index is 13.5. The summed E-state index contributed by atoms with van der Waals surface area (Å²) in [6.07, 6.45) is 2.66. The number of halogens is 1. The van der Waals surface area contributed by atoms with Gasteiger partial charge in [-0.15, -0.1) is 0 Å². The lowest BCUT2D eigenvalue weighted by atomic mass is 10.1. The van der Waals surface area contributed by atoms with E-state index in [0.717, 1.165) is 27.8 Å². The van der Waals surface area contributed by atoms with Gasteiger partial charge < -0.3 is 19.9 Å². The van der Waals surface area contributed by atoms with E-state index < -0.39 is 0 Å². The Labute approximate surface area is 174 Å². The Hall–Kier alpha value is -3.35. The molecule has 1 aliphatic heterocycles. The molecule has 2 heterocycles. The first-order valence-electron chi connectivity index (χ1n) is 9.98. The van der Waals surface area contributed by atoms with E-state index in [1.165, 1.54) is 12.1 Å². The number of nitrogens with one attached hydrogen (secondary N) is 2. The van der Waals surface area contributed by atoms with E-state index in [1.807, 2.05) is 30.5 Å². The average molecular weight is 409 g/mol. The molecule has 3 aromatic rings. The molecule has 1 aliphatic rings. The number of aromatic nitrogens is 1. The Morgan fingerprint density at radius 2 is 2.10 bits per heavy atom. The van der Waals surface area contributed by atoms with Gasteiger partial charge in [0.1, 0.15) is 11.6 Å². The Bertz CT molecular complexity index is 1080. The third-order valence-electron chi connectivity index (χ3n) is 5.61. The summed E-state index contributed by atoms with van der Waals surface area (Å²) in [5.41, 5.74) is 2.72. The largest absolute Gasteiger partial charge is 0.496 e. The number of benzene rings is 2. The number of aromatic amines is 1. The van der Waals surface area contributed by atoms with E-state index >= 15 is 0 Å². The second kappa shape index (κ2) is 8.57. The number of para-hydroxylation sites is 1. The van der Waals surface area contributed by atoms with E-state index in [-0.39, 0.29) is 30.0 Å². The number of hydrogen-bond acceptors (Lipinski definition) is 3. The molecular formula is C23H24FN3O3. The number of likely N-dealkylation sites (tertiary alicyclic amines) is 1. The van der Waals surface area contributed by atoms with Gasteiger partial charge in [0, 0.05) is 48.7 Å². The van der Waals surface area contributed by atoms with Gasteiger partial charge in [-0.3, -0.25) is 9.59 Å². The number of methoxy groups -OCH3 is 1. The molecule has 0 unspecified atom stereocenters. The highest BCUT2D eigenvalue weighted by Gasteiger charge is 2.34. The fourth-order valence-electron chi connectivity index (χ4n) is 3.95. The maximum absolute atomic E-state index is 13.5. The van der Waals surface area contributed by atoms with E-state index in [1.54, 1.807) is 18.1 Å². The van der Waals surface area contributed by atoms with Crippen molar-refractivity contribution in [3.8, 4) is 5.75 Å². The molecule has 1 aromatic heterocycles. The molecule has 1 atom stereocenters. The summed E-state index contributed by atoms with van der Waals surface area (Å²) in [6, 6.07) is 12.1. The molecule has 4 rings (SSSR count). The van der Waals surface area contributed by atoms with Crippen molar-refractivity contribution in [2.24, 2.45) is 5.92 Å². The summed E-state index contributed by atoms with van der Waals surface area (Å²) >= 11 is 0.